The average Bonchev–Trinajstić information content (AvgIpc) is 2.93. The fourth-order valence-corrected chi connectivity index (χ4v) is 3.61. The highest BCUT2D eigenvalue weighted by Gasteiger charge is 2.21. The number of primary amides is 1. The largest absolute Gasteiger partial charge is 0.486 e. The third-order valence-corrected chi connectivity index (χ3v) is 4.92. The fourth-order valence-electron chi connectivity index (χ4n) is 3.61. The van der Waals surface area contributed by atoms with Crippen LogP contribution >= 0.6 is 0 Å². The van der Waals surface area contributed by atoms with E-state index in [1.165, 1.54) is 5.56 Å². The van der Waals surface area contributed by atoms with E-state index in [2.05, 4.69) is 11.4 Å². The molecule has 27 heavy (non-hydrogen) atoms. The number of hydrogen-bond donors (Lipinski definition) is 2. The van der Waals surface area contributed by atoms with Gasteiger partial charge >= 0.3 is 0 Å². The monoisotopic (exact) mass is 365 g/mol. The van der Waals surface area contributed by atoms with Crippen molar-refractivity contribution in [1.82, 2.24) is 9.88 Å². The van der Waals surface area contributed by atoms with E-state index in [9.17, 15) is 4.79 Å². The molecule has 1 aliphatic heterocycles. The Bertz CT molecular complexity index is 980. The zero-order valence-electron chi connectivity index (χ0n) is 15.3. The second-order valence-electron chi connectivity index (χ2n) is 6.76. The molecule has 0 saturated carbocycles. The van der Waals surface area contributed by atoms with Crippen molar-refractivity contribution in [3.05, 3.63) is 59.8 Å². The summed E-state index contributed by atoms with van der Waals surface area (Å²) < 4.78 is 13.7. The van der Waals surface area contributed by atoms with Crippen LogP contribution in [-0.4, -0.2) is 29.7 Å². The summed E-state index contributed by atoms with van der Waals surface area (Å²) in [6.45, 7) is 4.08. The van der Waals surface area contributed by atoms with Crippen LogP contribution in [0.3, 0.4) is 0 Å². The molecule has 1 amide bonds. The Morgan fingerprint density at radius 2 is 1.93 bits per heavy atom. The topological polar surface area (TPSA) is 78.5 Å². The maximum Gasteiger partial charge on any atom is 0.237 e. The number of nitrogens with one attached hydrogen (secondary N) is 1. The number of carbonyl (C=O) groups excluding carboxylic acids is 1. The van der Waals surface area contributed by atoms with E-state index in [1.807, 2.05) is 54.0 Å². The Labute approximate surface area is 157 Å². The van der Waals surface area contributed by atoms with Crippen molar-refractivity contribution in [3.8, 4) is 11.5 Å². The van der Waals surface area contributed by atoms with Gasteiger partial charge in [0.05, 0.1) is 0 Å². The standard InChI is InChI=1S/C21H23N3O3/c1-14-17(16-6-2-3-7-18(16)24(14)12-21(22)25)11-23-10-15-13-26-19-8-4-5-9-20(19)27-15/h2-9,15,23H,10-13H2,1H3,(H2,22,25)/t15-/m1/s1. The van der Waals surface area contributed by atoms with Crippen molar-refractivity contribution >= 4 is 16.8 Å². The van der Waals surface area contributed by atoms with Crippen molar-refractivity contribution in [2.75, 3.05) is 13.2 Å². The van der Waals surface area contributed by atoms with Gasteiger partial charge in [-0.2, -0.15) is 0 Å². The lowest BCUT2D eigenvalue weighted by Crippen LogP contribution is -2.38. The van der Waals surface area contributed by atoms with Crippen LogP contribution in [0.5, 0.6) is 11.5 Å². The molecule has 0 radical (unpaired) electrons. The molecular weight excluding hydrogens is 342 g/mol. The molecule has 0 fully saturated rings. The fraction of sp³-hybridized carbons (Fsp3) is 0.286. The van der Waals surface area contributed by atoms with Gasteiger partial charge in [-0.25, -0.2) is 0 Å². The number of benzene rings is 2. The van der Waals surface area contributed by atoms with Gasteiger partial charge in [-0.15, -0.1) is 0 Å². The predicted octanol–water partition coefficient (Wildman–Crippen LogP) is 2.36. The van der Waals surface area contributed by atoms with Gasteiger partial charge in [-0.1, -0.05) is 30.3 Å². The van der Waals surface area contributed by atoms with Gasteiger partial charge in [-0.3, -0.25) is 4.79 Å². The average molecular weight is 365 g/mol. The van der Waals surface area contributed by atoms with E-state index < -0.39 is 0 Å². The number of amides is 1. The molecule has 3 N–H and O–H groups in total. The quantitative estimate of drug-likeness (QED) is 0.703. The maximum atomic E-state index is 11.5. The van der Waals surface area contributed by atoms with Gasteiger partial charge < -0.3 is 25.1 Å². The van der Waals surface area contributed by atoms with Crippen LogP contribution in [0.15, 0.2) is 48.5 Å². The summed E-state index contributed by atoms with van der Waals surface area (Å²) in [4.78, 5) is 11.5. The summed E-state index contributed by atoms with van der Waals surface area (Å²) in [5.41, 5.74) is 8.67. The van der Waals surface area contributed by atoms with Crippen molar-refractivity contribution in [3.63, 3.8) is 0 Å². The number of para-hydroxylation sites is 3. The highest BCUT2D eigenvalue weighted by Crippen LogP contribution is 2.31. The molecule has 6 heteroatoms. The summed E-state index contributed by atoms with van der Waals surface area (Å²) in [6, 6.07) is 15.8. The SMILES string of the molecule is Cc1c(CNC[C@@H]2COc3ccccc3O2)c2ccccc2n1CC(N)=O. The number of nitrogens with zero attached hydrogens (tertiary/aromatic N) is 1. The van der Waals surface area contributed by atoms with Crippen molar-refractivity contribution in [2.24, 2.45) is 5.73 Å². The molecule has 2 aromatic carbocycles. The van der Waals surface area contributed by atoms with Gasteiger partial charge in [-0.05, 0) is 30.7 Å². The first-order valence-electron chi connectivity index (χ1n) is 9.07. The van der Waals surface area contributed by atoms with Gasteiger partial charge in [0.15, 0.2) is 11.5 Å². The third kappa shape index (κ3) is 3.48. The number of hydrogen-bond acceptors (Lipinski definition) is 4. The number of fused-ring (bicyclic) bond motifs is 2. The molecule has 6 nitrogen and oxygen atoms in total. The first-order valence-corrected chi connectivity index (χ1v) is 9.07. The first kappa shape index (κ1) is 17.4. The van der Waals surface area contributed by atoms with Crippen LogP contribution < -0.4 is 20.5 Å². The van der Waals surface area contributed by atoms with Crippen LogP contribution in [0.25, 0.3) is 10.9 Å². The molecule has 3 aromatic rings. The Morgan fingerprint density at radius 3 is 2.74 bits per heavy atom. The zero-order chi connectivity index (χ0) is 18.8. The molecule has 140 valence electrons. The van der Waals surface area contributed by atoms with Crippen LogP contribution in [0.1, 0.15) is 11.3 Å². The zero-order valence-corrected chi connectivity index (χ0v) is 15.3. The molecular formula is C21H23N3O3. The second-order valence-corrected chi connectivity index (χ2v) is 6.76. The summed E-state index contributed by atoms with van der Waals surface area (Å²) in [6.07, 6.45) is -0.0424. The summed E-state index contributed by atoms with van der Waals surface area (Å²) in [5.74, 6) is 1.23. The van der Waals surface area contributed by atoms with Gasteiger partial charge in [0.1, 0.15) is 19.3 Å². The highest BCUT2D eigenvalue weighted by molar-refractivity contribution is 5.87. The first-order chi connectivity index (χ1) is 13.1. The molecule has 4 rings (SSSR count). The van der Waals surface area contributed by atoms with Crippen molar-refractivity contribution < 1.29 is 14.3 Å². The van der Waals surface area contributed by atoms with Crippen LogP contribution in [0.2, 0.25) is 0 Å². The molecule has 0 spiro atoms. The van der Waals surface area contributed by atoms with Crippen LogP contribution in [0.4, 0.5) is 0 Å². The lowest BCUT2D eigenvalue weighted by molar-refractivity contribution is -0.118. The lowest BCUT2D eigenvalue weighted by atomic mass is 10.1. The summed E-state index contributed by atoms with van der Waals surface area (Å²) >= 11 is 0. The molecule has 0 aliphatic carbocycles. The molecule has 0 unspecified atom stereocenters. The Hall–Kier alpha value is -2.99. The molecule has 1 aromatic heterocycles. The van der Waals surface area contributed by atoms with E-state index in [-0.39, 0.29) is 18.6 Å². The minimum absolute atomic E-state index is 0.0424. The third-order valence-electron chi connectivity index (χ3n) is 4.92. The number of ether oxygens (including phenoxy) is 2. The molecule has 1 aliphatic rings. The minimum atomic E-state index is -0.343. The van der Waals surface area contributed by atoms with E-state index >= 15 is 0 Å². The Morgan fingerprint density at radius 1 is 1.19 bits per heavy atom. The van der Waals surface area contributed by atoms with E-state index in [0.717, 1.165) is 28.1 Å². The Kier molecular flexibility index (Phi) is 4.73. The number of aromatic nitrogens is 1. The predicted molar refractivity (Wildman–Crippen MR) is 104 cm³/mol. The Balaban J connectivity index is 1.47. The van der Waals surface area contributed by atoms with E-state index in [0.29, 0.717) is 19.7 Å². The number of carbonyl (C=O) groups is 1. The van der Waals surface area contributed by atoms with E-state index in [4.69, 9.17) is 15.2 Å². The van der Waals surface area contributed by atoms with Gasteiger partial charge in [0.2, 0.25) is 5.91 Å². The van der Waals surface area contributed by atoms with Crippen LogP contribution in [-0.2, 0) is 17.9 Å². The molecule has 0 saturated heterocycles. The van der Waals surface area contributed by atoms with Crippen molar-refractivity contribution in [2.45, 2.75) is 26.1 Å². The molecule has 1 atom stereocenters. The maximum absolute atomic E-state index is 11.5. The second kappa shape index (κ2) is 7.32. The van der Waals surface area contributed by atoms with Crippen LogP contribution in [0, 0.1) is 6.92 Å². The summed E-state index contributed by atoms with van der Waals surface area (Å²) in [7, 11) is 0. The highest BCUT2D eigenvalue weighted by atomic mass is 16.6. The summed E-state index contributed by atoms with van der Waals surface area (Å²) in [5, 5.41) is 4.60. The number of rotatable bonds is 6. The normalized spacial score (nSPS) is 15.8. The molecule has 2 heterocycles. The lowest BCUT2D eigenvalue weighted by Gasteiger charge is -2.26. The number of nitrogens with two attached hydrogens (primary N) is 1. The minimum Gasteiger partial charge on any atom is -0.486 e. The van der Waals surface area contributed by atoms with Gasteiger partial charge in [0.25, 0.3) is 0 Å². The molecule has 0 bridgehead atoms. The van der Waals surface area contributed by atoms with Crippen molar-refractivity contribution in [1.29, 1.82) is 0 Å². The van der Waals surface area contributed by atoms with E-state index in [1.54, 1.807) is 0 Å². The van der Waals surface area contributed by atoms with Gasteiger partial charge in [0, 0.05) is 29.7 Å². The smallest absolute Gasteiger partial charge is 0.237 e.